The van der Waals surface area contributed by atoms with E-state index in [2.05, 4.69) is 15.6 Å². The van der Waals surface area contributed by atoms with E-state index in [1.54, 1.807) is 5.38 Å². The van der Waals surface area contributed by atoms with Gasteiger partial charge in [-0.1, -0.05) is 0 Å². The highest BCUT2D eigenvalue weighted by molar-refractivity contribution is 7.14. The third kappa shape index (κ3) is 4.96. The van der Waals surface area contributed by atoms with Crippen LogP contribution in [0.1, 0.15) is 18.2 Å². The highest BCUT2D eigenvalue weighted by atomic mass is 32.1. The van der Waals surface area contributed by atoms with E-state index >= 15 is 0 Å². The SMILES string of the molecule is CC(=O)Nc1ccc(NC(=O)Cc2csc(-c3ccsc3)n2)c(C(F)(F)F)c1. The fourth-order valence-electron chi connectivity index (χ4n) is 2.43. The largest absolute Gasteiger partial charge is 0.418 e. The third-order valence-electron chi connectivity index (χ3n) is 3.58. The molecule has 3 rings (SSSR count). The first-order valence-corrected chi connectivity index (χ1v) is 9.80. The van der Waals surface area contributed by atoms with Crippen molar-refractivity contribution in [1.29, 1.82) is 0 Å². The zero-order valence-electron chi connectivity index (χ0n) is 14.5. The molecule has 0 spiro atoms. The number of anilines is 2. The molecule has 0 atom stereocenters. The molecule has 0 aliphatic carbocycles. The molecule has 0 aliphatic rings. The molecular weight excluding hydrogens is 411 g/mol. The van der Waals surface area contributed by atoms with Crippen LogP contribution in [0.5, 0.6) is 0 Å². The van der Waals surface area contributed by atoms with Gasteiger partial charge in [-0.15, -0.1) is 11.3 Å². The number of amides is 2. The van der Waals surface area contributed by atoms with Crippen LogP contribution >= 0.6 is 22.7 Å². The van der Waals surface area contributed by atoms with Gasteiger partial charge in [-0.25, -0.2) is 4.98 Å². The summed E-state index contributed by atoms with van der Waals surface area (Å²) in [5.74, 6) is -1.10. The number of thiophene rings is 1. The van der Waals surface area contributed by atoms with Crippen molar-refractivity contribution in [3.8, 4) is 10.6 Å². The van der Waals surface area contributed by atoms with Crippen molar-refractivity contribution in [3.05, 3.63) is 51.7 Å². The summed E-state index contributed by atoms with van der Waals surface area (Å²) in [6.07, 6.45) is -4.84. The molecule has 1 aromatic carbocycles. The van der Waals surface area contributed by atoms with Gasteiger partial charge in [0.1, 0.15) is 5.01 Å². The van der Waals surface area contributed by atoms with Gasteiger partial charge in [0.05, 0.1) is 23.4 Å². The molecule has 2 N–H and O–H groups in total. The lowest BCUT2D eigenvalue weighted by Gasteiger charge is -2.15. The second-order valence-electron chi connectivity index (χ2n) is 5.82. The van der Waals surface area contributed by atoms with Crippen LogP contribution in [-0.4, -0.2) is 16.8 Å². The topological polar surface area (TPSA) is 71.1 Å². The number of aromatic nitrogens is 1. The highest BCUT2D eigenvalue weighted by Crippen LogP contribution is 2.36. The number of nitrogens with one attached hydrogen (secondary N) is 2. The number of thiazole rings is 1. The summed E-state index contributed by atoms with van der Waals surface area (Å²) in [5, 5.41) is 10.9. The van der Waals surface area contributed by atoms with E-state index in [1.165, 1.54) is 35.7 Å². The molecule has 28 heavy (non-hydrogen) atoms. The number of halogens is 3. The van der Waals surface area contributed by atoms with Gasteiger partial charge >= 0.3 is 6.18 Å². The molecule has 0 fully saturated rings. The molecule has 146 valence electrons. The third-order valence-corrected chi connectivity index (χ3v) is 5.20. The Morgan fingerprint density at radius 1 is 1.14 bits per heavy atom. The number of nitrogens with zero attached hydrogens (tertiary/aromatic N) is 1. The van der Waals surface area contributed by atoms with Gasteiger partial charge in [0, 0.05) is 28.9 Å². The van der Waals surface area contributed by atoms with Crippen LogP contribution in [0.15, 0.2) is 40.4 Å². The van der Waals surface area contributed by atoms with E-state index in [9.17, 15) is 22.8 Å². The van der Waals surface area contributed by atoms with Crippen molar-refractivity contribution in [2.75, 3.05) is 10.6 Å². The average Bonchev–Trinajstić information content (AvgIpc) is 3.26. The molecule has 0 radical (unpaired) electrons. The molecule has 2 heterocycles. The summed E-state index contributed by atoms with van der Waals surface area (Å²) in [7, 11) is 0. The summed E-state index contributed by atoms with van der Waals surface area (Å²) in [6, 6.07) is 5.10. The number of benzene rings is 1. The van der Waals surface area contributed by atoms with Crippen molar-refractivity contribution < 1.29 is 22.8 Å². The van der Waals surface area contributed by atoms with Gasteiger partial charge in [-0.3, -0.25) is 9.59 Å². The Bertz CT molecular complexity index is 998. The van der Waals surface area contributed by atoms with Crippen LogP contribution in [-0.2, 0) is 22.2 Å². The number of hydrogen-bond acceptors (Lipinski definition) is 5. The maximum atomic E-state index is 13.3. The molecule has 5 nitrogen and oxygen atoms in total. The first kappa shape index (κ1) is 20.0. The van der Waals surface area contributed by atoms with Crippen LogP contribution < -0.4 is 10.6 Å². The van der Waals surface area contributed by atoms with Gasteiger partial charge < -0.3 is 10.6 Å². The van der Waals surface area contributed by atoms with Crippen LogP contribution in [0.4, 0.5) is 24.5 Å². The maximum Gasteiger partial charge on any atom is 0.418 e. The summed E-state index contributed by atoms with van der Waals surface area (Å²) in [4.78, 5) is 27.6. The Labute approximate surface area is 166 Å². The number of rotatable bonds is 5. The van der Waals surface area contributed by atoms with Gasteiger partial charge in [0.15, 0.2) is 0 Å². The van der Waals surface area contributed by atoms with Crippen LogP contribution in [0.2, 0.25) is 0 Å². The Morgan fingerprint density at radius 3 is 2.57 bits per heavy atom. The van der Waals surface area contributed by atoms with E-state index in [1.807, 2.05) is 16.8 Å². The van der Waals surface area contributed by atoms with Gasteiger partial charge in [0.2, 0.25) is 11.8 Å². The molecule has 0 saturated heterocycles. The van der Waals surface area contributed by atoms with Crippen LogP contribution in [0.25, 0.3) is 10.6 Å². The molecule has 2 amide bonds. The minimum atomic E-state index is -4.69. The molecule has 0 unspecified atom stereocenters. The summed E-state index contributed by atoms with van der Waals surface area (Å²) in [5.41, 5.74) is 0.00339. The molecule has 0 bridgehead atoms. The van der Waals surface area contributed by atoms with E-state index in [-0.39, 0.29) is 17.8 Å². The zero-order valence-corrected chi connectivity index (χ0v) is 16.1. The predicted octanol–water partition coefficient (Wildman–Crippen LogP) is 5.03. The lowest BCUT2D eigenvalue weighted by Crippen LogP contribution is -2.19. The first-order valence-electron chi connectivity index (χ1n) is 7.98. The molecular formula is C18H14F3N3O2S2. The van der Waals surface area contributed by atoms with E-state index in [0.717, 1.165) is 22.7 Å². The van der Waals surface area contributed by atoms with Gasteiger partial charge in [0.25, 0.3) is 0 Å². The Hall–Kier alpha value is -2.72. The number of hydrogen-bond donors (Lipinski definition) is 2. The molecule has 3 aromatic rings. The Balaban J connectivity index is 1.75. The van der Waals surface area contributed by atoms with Gasteiger partial charge in [-0.2, -0.15) is 24.5 Å². The molecule has 10 heteroatoms. The zero-order chi connectivity index (χ0) is 20.3. The minimum Gasteiger partial charge on any atom is -0.326 e. The van der Waals surface area contributed by atoms with Crippen molar-refractivity contribution in [3.63, 3.8) is 0 Å². The Kier molecular flexibility index (Phi) is 5.80. The molecule has 2 aromatic heterocycles. The second kappa shape index (κ2) is 8.11. The van der Waals surface area contributed by atoms with Crippen molar-refractivity contribution >= 4 is 45.9 Å². The van der Waals surface area contributed by atoms with Crippen LogP contribution in [0, 0.1) is 0 Å². The minimum absolute atomic E-state index is 0.00210. The average molecular weight is 425 g/mol. The molecule has 0 aliphatic heterocycles. The van der Waals surface area contributed by atoms with Crippen molar-refractivity contribution in [2.24, 2.45) is 0 Å². The monoisotopic (exact) mass is 425 g/mol. The smallest absolute Gasteiger partial charge is 0.326 e. The highest BCUT2D eigenvalue weighted by Gasteiger charge is 2.34. The fourth-order valence-corrected chi connectivity index (χ4v) is 3.97. The molecule has 0 saturated carbocycles. The fraction of sp³-hybridized carbons (Fsp3) is 0.167. The second-order valence-corrected chi connectivity index (χ2v) is 7.46. The van der Waals surface area contributed by atoms with E-state index in [4.69, 9.17) is 0 Å². The van der Waals surface area contributed by atoms with Gasteiger partial charge in [-0.05, 0) is 29.6 Å². The number of carbonyl (C=O) groups excluding carboxylic acids is 2. The maximum absolute atomic E-state index is 13.3. The Morgan fingerprint density at radius 2 is 1.93 bits per heavy atom. The summed E-state index contributed by atoms with van der Waals surface area (Å²) in [6.45, 7) is 1.20. The number of alkyl halides is 3. The normalized spacial score (nSPS) is 11.3. The lowest BCUT2D eigenvalue weighted by molar-refractivity contribution is -0.137. The summed E-state index contributed by atoms with van der Waals surface area (Å²) >= 11 is 2.89. The predicted molar refractivity (Wildman–Crippen MR) is 104 cm³/mol. The van der Waals surface area contributed by atoms with Crippen molar-refractivity contribution in [1.82, 2.24) is 4.98 Å². The van der Waals surface area contributed by atoms with Crippen LogP contribution in [0.3, 0.4) is 0 Å². The lowest BCUT2D eigenvalue weighted by atomic mass is 10.1. The first-order chi connectivity index (χ1) is 13.2. The number of carbonyl (C=O) groups is 2. The quantitative estimate of drug-likeness (QED) is 0.602. The summed E-state index contributed by atoms with van der Waals surface area (Å²) < 4.78 is 40.0. The van der Waals surface area contributed by atoms with E-state index in [0.29, 0.717) is 5.69 Å². The standard InChI is InChI=1S/C18H14F3N3O2S2/c1-10(25)22-12-2-3-15(14(6-12)18(19,20)21)24-16(26)7-13-9-28-17(23-13)11-4-5-27-8-11/h2-6,8-9H,7H2,1H3,(H,22,25)(H,24,26). The van der Waals surface area contributed by atoms with Crippen molar-refractivity contribution in [2.45, 2.75) is 19.5 Å². The van der Waals surface area contributed by atoms with E-state index < -0.39 is 23.6 Å².